The van der Waals surface area contributed by atoms with Gasteiger partial charge in [0.05, 0.1) is 5.69 Å². The van der Waals surface area contributed by atoms with Crippen LogP contribution in [0.4, 0.5) is 5.69 Å². The van der Waals surface area contributed by atoms with Gasteiger partial charge >= 0.3 is 0 Å². The fourth-order valence-corrected chi connectivity index (χ4v) is 2.17. The largest absolute Gasteiger partial charge is 0.454 e. The number of aryl methyl sites for hydroxylation is 1. The lowest BCUT2D eigenvalue weighted by molar-refractivity contribution is 0.174. The second kappa shape index (κ2) is 6.34. The Kier molecular flexibility index (Phi) is 4.53. The summed E-state index contributed by atoms with van der Waals surface area (Å²) >= 11 is 1.39. The standard InChI is InChI=1S/C13H15N3O2S/c1-3-4-9-5-11-12(18-8-17-11)6-10(9)16-13(19-2)15-7-14/h5-6H,3-4,8H2,1-2H3,(H,15,16). The van der Waals surface area contributed by atoms with Crippen molar-refractivity contribution in [1.29, 1.82) is 5.26 Å². The van der Waals surface area contributed by atoms with Crippen LogP contribution in [0.2, 0.25) is 0 Å². The zero-order valence-electron chi connectivity index (χ0n) is 10.9. The minimum absolute atomic E-state index is 0.250. The van der Waals surface area contributed by atoms with Gasteiger partial charge in [0.25, 0.3) is 0 Å². The van der Waals surface area contributed by atoms with Gasteiger partial charge in [-0.2, -0.15) is 5.26 Å². The monoisotopic (exact) mass is 277 g/mol. The number of thioether (sulfide) groups is 1. The van der Waals surface area contributed by atoms with Crippen LogP contribution < -0.4 is 14.8 Å². The first kappa shape index (κ1) is 13.6. The van der Waals surface area contributed by atoms with Gasteiger partial charge in [0.1, 0.15) is 0 Å². The maximum absolute atomic E-state index is 8.67. The first-order valence-electron chi connectivity index (χ1n) is 5.98. The third-order valence-corrected chi connectivity index (χ3v) is 3.25. The quantitative estimate of drug-likeness (QED) is 0.398. The van der Waals surface area contributed by atoms with Crippen LogP contribution in [0.15, 0.2) is 17.1 Å². The highest BCUT2D eigenvalue weighted by atomic mass is 32.2. The molecule has 0 bridgehead atoms. The predicted molar refractivity (Wildman–Crippen MR) is 75.9 cm³/mol. The highest BCUT2D eigenvalue weighted by Gasteiger charge is 2.17. The van der Waals surface area contributed by atoms with E-state index >= 15 is 0 Å². The third-order valence-electron chi connectivity index (χ3n) is 2.67. The summed E-state index contributed by atoms with van der Waals surface area (Å²) in [7, 11) is 0. The fourth-order valence-electron chi connectivity index (χ4n) is 1.83. The van der Waals surface area contributed by atoms with Crippen molar-refractivity contribution < 1.29 is 9.47 Å². The molecule has 1 aromatic rings. The lowest BCUT2D eigenvalue weighted by Gasteiger charge is -2.08. The molecule has 6 heteroatoms. The summed E-state index contributed by atoms with van der Waals surface area (Å²) in [5, 5.41) is 11.8. The molecule has 0 fully saturated rings. The molecule has 1 aromatic carbocycles. The molecule has 0 saturated carbocycles. The second-order valence-corrected chi connectivity index (χ2v) is 4.74. The summed E-state index contributed by atoms with van der Waals surface area (Å²) < 4.78 is 10.7. The van der Waals surface area contributed by atoms with E-state index in [0.29, 0.717) is 10.9 Å². The highest BCUT2D eigenvalue weighted by Crippen LogP contribution is 2.38. The Bertz CT molecular complexity index is 537. The fraction of sp³-hybridized carbons (Fsp3) is 0.385. The van der Waals surface area contributed by atoms with Gasteiger partial charge in [0.2, 0.25) is 6.79 Å². The summed E-state index contributed by atoms with van der Waals surface area (Å²) in [5.74, 6) is 1.47. The van der Waals surface area contributed by atoms with E-state index in [1.807, 2.05) is 24.6 Å². The van der Waals surface area contributed by atoms with Crippen molar-refractivity contribution in [1.82, 2.24) is 5.32 Å². The molecule has 0 aromatic heterocycles. The number of hydrogen-bond acceptors (Lipinski definition) is 5. The lowest BCUT2D eigenvalue weighted by Crippen LogP contribution is -2.12. The summed E-state index contributed by atoms with van der Waals surface area (Å²) in [6.07, 6.45) is 5.68. The lowest BCUT2D eigenvalue weighted by atomic mass is 10.1. The van der Waals surface area contributed by atoms with Gasteiger partial charge in [-0.3, -0.25) is 5.32 Å². The summed E-state index contributed by atoms with van der Waals surface area (Å²) in [6, 6.07) is 3.83. The van der Waals surface area contributed by atoms with Crippen LogP contribution in [0.3, 0.4) is 0 Å². The number of rotatable bonds is 3. The number of benzene rings is 1. The van der Waals surface area contributed by atoms with E-state index in [0.717, 1.165) is 29.8 Å². The van der Waals surface area contributed by atoms with E-state index in [4.69, 9.17) is 14.7 Å². The second-order valence-electron chi connectivity index (χ2n) is 3.94. The molecule has 1 aliphatic rings. The van der Waals surface area contributed by atoms with Crippen molar-refractivity contribution in [3.63, 3.8) is 0 Å². The molecule has 1 aliphatic heterocycles. The Morgan fingerprint density at radius 3 is 2.84 bits per heavy atom. The zero-order chi connectivity index (χ0) is 13.7. The number of amidine groups is 1. The van der Waals surface area contributed by atoms with Gasteiger partial charge in [-0.15, -0.1) is 0 Å². The zero-order valence-corrected chi connectivity index (χ0v) is 11.7. The SMILES string of the molecule is CCCc1cc2c(cc1N=C(NC#N)SC)OCO2. The van der Waals surface area contributed by atoms with E-state index in [-0.39, 0.29) is 6.79 Å². The molecule has 100 valence electrons. The van der Waals surface area contributed by atoms with Crippen molar-refractivity contribution in [3.8, 4) is 17.7 Å². The van der Waals surface area contributed by atoms with Crippen molar-refractivity contribution in [2.24, 2.45) is 4.99 Å². The third kappa shape index (κ3) is 3.12. The molecule has 0 unspecified atom stereocenters. The first-order valence-corrected chi connectivity index (χ1v) is 7.21. The minimum Gasteiger partial charge on any atom is -0.454 e. The van der Waals surface area contributed by atoms with E-state index in [1.165, 1.54) is 11.8 Å². The van der Waals surface area contributed by atoms with Gasteiger partial charge < -0.3 is 9.47 Å². The highest BCUT2D eigenvalue weighted by molar-refractivity contribution is 8.13. The number of aliphatic imine (C=N–C) groups is 1. The van der Waals surface area contributed by atoms with Crippen LogP contribution in [-0.4, -0.2) is 18.2 Å². The Morgan fingerprint density at radius 2 is 2.21 bits per heavy atom. The maximum Gasteiger partial charge on any atom is 0.231 e. The summed E-state index contributed by atoms with van der Waals surface area (Å²) in [6.45, 7) is 2.36. The minimum atomic E-state index is 0.250. The Balaban J connectivity index is 2.40. The van der Waals surface area contributed by atoms with Crippen molar-refractivity contribution >= 4 is 22.6 Å². The Morgan fingerprint density at radius 1 is 1.47 bits per heavy atom. The van der Waals surface area contributed by atoms with Crippen LogP contribution in [0.5, 0.6) is 11.5 Å². The van der Waals surface area contributed by atoms with Crippen molar-refractivity contribution in [2.45, 2.75) is 19.8 Å². The van der Waals surface area contributed by atoms with Gasteiger partial charge in [-0.05, 0) is 24.3 Å². The molecule has 1 heterocycles. The van der Waals surface area contributed by atoms with Crippen LogP contribution in [-0.2, 0) is 6.42 Å². The Hall–Kier alpha value is -1.87. The van der Waals surface area contributed by atoms with Gasteiger partial charge in [0.15, 0.2) is 22.9 Å². The molecular weight excluding hydrogens is 262 g/mol. The van der Waals surface area contributed by atoms with Crippen molar-refractivity contribution in [3.05, 3.63) is 17.7 Å². The van der Waals surface area contributed by atoms with E-state index in [2.05, 4.69) is 17.2 Å². The molecule has 5 nitrogen and oxygen atoms in total. The number of hydrogen-bond donors (Lipinski definition) is 1. The number of fused-ring (bicyclic) bond motifs is 1. The smallest absolute Gasteiger partial charge is 0.231 e. The molecule has 0 aliphatic carbocycles. The summed E-state index contributed by atoms with van der Waals surface area (Å²) in [5.41, 5.74) is 1.91. The normalized spacial score (nSPS) is 13.2. The van der Waals surface area contributed by atoms with E-state index in [1.54, 1.807) is 0 Å². The molecular formula is C13H15N3O2S. The topological polar surface area (TPSA) is 66.6 Å². The molecule has 19 heavy (non-hydrogen) atoms. The maximum atomic E-state index is 8.67. The molecule has 0 spiro atoms. The van der Waals surface area contributed by atoms with Crippen LogP contribution >= 0.6 is 11.8 Å². The average molecular weight is 277 g/mol. The Labute approximate surface area is 116 Å². The molecule has 2 rings (SSSR count). The summed E-state index contributed by atoms with van der Waals surface area (Å²) in [4.78, 5) is 4.47. The predicted octanol–water partition coefficient (Wildman–Crippen LogP) is 2.79. The van der Waals surface area contributed by atoms with Gasteiger partial charge in [-0.25, -0.2) is 4.99 Å². The van der Waals surface area contributed by atoms with E-state index in [9.17, 15) is 0 Å². The van der Waals surface area contributed by atoms with Crippen LogP contribution in [0.1, 0.15) is 18.9 Å². The number of nitrogens with zero attached hydrogens (tertiary/aromatic N) is 2. The van der Waals surface area contributed by atoms with Gasteiger partial charge in [-0.1, -0.05) is 25.1 Å². The molecule has 0 radical (unpaired) electrons. The first-order chi connectivity index (χ1) is 9.28. The van der Waals surface area contributed by atoms with Crippen molar-refractivity contribution in [2.75, 3.05) is 13.0 Å². The van der Waals surface area contributed by atoms with E-state index < -0.39 is 0 Å². The van der Waals surface area contributed by atoms with Crippen LogP contribution in [0.25, 0.3) is 0 Å². The number of nitrogens with one attached hydrogen (secondary N) is 1. The molecule has 1 N–H and O–H groups in total. The molecule has 0 atom stereocenters. The molecule has 0 saturated heterocycles. The van der Waals surface area contributed by atoms with Gasteiger partial charge in [0, 0.05) is 6.07 Å². The van der Waals surface area contributed by atoms with Crippen LogP contribution in [0, 0.1) is 11.5 Å². The number of ether oxygens (including phenoxy) is 2. The number of nitriles is 1. The molecule has 0 amide bonds. The average Bonchev–Trinajstić information content (AvgIpc) is 2.85.